The summed E-state index contributed by atoms with van der Waals surface area (Å²) in [5.74, 6) is 0.829. The Morgan fingerprint density at radius 1 is 0.917 bits per heavy atom. The quantitative estimate of drug-likeness (QED) is 0.436. The van der Waals surface area contributed by atoms with Gasteiger partial charge in [-0.1, -0.05) is 12.1 Å². The van der Waals surface area contributed by atoms with Crippen LogP contribution in [0.25, 0.3) is 0 Å². The van der Waals surface area contributed by atoms with Crippen molar-refractivity contribution in [3.63, 3.8) is 0 Å². The molecule has 2 aromatic carbocycles. The zero-order chi connectivity index (χ0) is 26.9. The van der Waals surface area contributed by atoms with Gasteiger partial charge < -0.3 is 19.7 Å². The predicted octanol–water partition coefficient (Wildman–Crippen LogP) is 3.19. The van der Waals surface area contributed by atoms with E-state index >= 15 is 0 Å². The number of ether oxygens (including phenoxy) is 2. The Kier molecular flexibility index (Phi) is 10.6. The molecule has 2 aromatic rings. The van der Waals surface area contributed by atoms with Gasteiger partial charge in [-0.15, -0.1) is 0 Å². The van der Waals surface area contributed by atoms with E-state index in [1.54, 1.807) is 50.4 Å². The number of rotatable bonds is 13. The molecular weight excluding hydrogens is 482 g/mol. The molecule has 1 atom stereocenters. The van der Waals surface area contributed by atoms with E-state index in [1.807, 2.05) is 26.0 Å². The first-order valence-electron chi connectivity index (χ1n) is 11.8. The molecule has 0 fully saturated rings. The topological polar surface area (TPSA) is 105 Å². The van der Waals surface area contributed by atoms with Crippen molar-refractivity contribution in [1.29, 1.82) is 0 Å². The molecule has 0 saturated carbocycles. The molecule has 36 heavy (non-hydrogen) atoms. The summed E-state index contributed by atoms with van der Waals surface area (Å²) in [5, 5.41) is 2.86. The van der Waals surface area contributed by atoms with Crippen LogP contribution in [0.1, 0.15) is 39.2 Å². The molecule has 0 aliphatic heterocycles. The first kappa shape index (κ1) is 29.0. The van der Waals surface area contributed by atoms with Crippen LogP contribution in [0.5, 0.6) is 11.5 Å². The maximum absolute atomic E-state index is 13.3. The van der Waals surface area contributed by atoms with Crippen LogP contribution in [0, 0.1) is 0 Å². The van der Waals surface area contributed by atoms with E-state index in [9.17, 15) is 18.0 Å². The molecule has 0 radical (unpaired) electrons. The molecule has 0 saturated heterocycles. The molecule has 0 spiro atoms. The summed E-state index contributed by atoms with van der Waals surface area (Å²) >= 11 is 0. The third-order valence-corrected chi connectivity index (χ3v) is 6.82. The number of carbonyl (C=O) groups is 2. The van der Waals surface area contributed by atoms with Gasteiger partial charge in [0.15, 0.2) is 0 Å². The first-order chi connectivity index (χ1) is 17.0. The van der Waals surface area contributed by atoms with E-state index in [2.05, 4.69) is 5.32 Å². The van der Waals surface area contributed by atoms with Gasteiger partial charge in [0.2, 0.25) is 21.8 Å². The zero-order valence-electron chi connectivity index (χ0n) is 21.9. The smallest absolute Gasteiger partial charge is 0.242 e. The van der Waals surface area contributed by atoms with Crippen molar-refractivity contribution >= 4 is 27.5 Å². The largest absolute Gasteiger partial charge is 0.497 e. The molecule has 1 N–H and O–H groups in total. The fourth-order valence-corrected chi connectivity index (χ4v) is 4.63. The molecule has 0 heterocycles. The van der Waals surface area contributed by atoms with Gasteiger partial charge in [-0.2, -0.15) is 0 Å². The van der Waals surface area contributed by atoms with E-state index in [4.69, 9.17) is 9.47 Å². The lowest BCUT2D eigenvalue weighted by Crippen LogP contribution is -2.49. The molecule has 2 amide bonds. The molecule has 0 aromatic heterocycles. The number of carbonyl (C=O) groups excluding carboxylic acids is 2. The molecule has 0 aliphatic rings. The van der Waals surface area contributed by atoms with Crippen molar-refractivity contribution in [2.75, 3.05) is 31.3 Å². The summed E-state index contributed by atoms with van der Waals surface area (Å²) in [4.78, 5) is 27.5. The van der Waals surface area contributed by atoms with Crippen LogP contribution >= 0.6 is 0 Å². The Bertz CT molecular complexity index is 1100. The van der Waals surface area contributed by atoms with Crippen LogP contribution in [-0.2, 0) is 26.2 Å². The lowest BCUT2D eigenvalue weighted by atomic mass is 10.1. The number of methoxy groups -OCH3 is 2. The van der Waals surface area contributed by atoms with Gasteiger partial charge in [0.1, 0.15) is 17.5 Å². The summed E-state index contributed by atoms with van der Waals surface area (Å²) in [6.45, 7) is 5.78. The van der Waals surface area contributed by atoms with Crippen LogP contribution in [0.3, 0.4) is 0 Å². The van der Waals surface area contributed by atoms with E-state index in [-0.39, 0.29) is 43.8 Å². The highest BCUT2D eigenvalue weighted by Gasteiger charge is 2.27. The van der Waals surface area contributed by atoms with Gasteiger partial charge in [0.05, 0.1) is 26.2 Å². The maximum atomic E-state index is 13.3. The van der Waals surface area contributed by atoms with Gasteiger partial charge in [-0.3, -0.25) is 13.9 Å². The van der Waals surface area contributed by atoms with E-state index in [1.165, 1.54) is 16.3 Å². The van der Waals surface area contributed by atoms with Crippen molar-refractivity contribution in [1.82, 2.24) is 10.2 Å². The molecule has 198 valence electrons. The normalized spacial score (nSPS) is 12.1. The summed E-state index contributed by atoms with van der Waals surface area (Å²) in [6, 6.07) is 13.2. The lowest BCUT2D eigenvalue weighted by Gasteiger charge is -2.30. The highest BCUT2D eigenvalue weighted by atomic mass is 32.2. The second-order valence-electron chi connectivity index (χ2n) is 8.85. The van der Waals surface area contributed by atoms with Gasteiger partial charge in [-0.25, -0.2) is 8.42 Å². The minimum Gasteiger partial charge on any atom is -0.497 e. The summed E-state index contributed by atoms with van der Waals surface area (Å²) in [7, 11) is -0.447. The van der Waals surface area contributed by atoms with Gasteiger partial charge >= 0.3 is 0 Å². The number of amides is 2. The molecule has 0 unspecified atom stereocenters. The van der Waals surface area contributed by atoms with Crippen LogP contribution in [-0.4, -0.2) is 64.2 Å². The average molecular weight is 520 g/mol. The monoisotopic (exact) mass is 519 g/mol. The Balaban J connectivity index is 2.16. The van der Waals surface area contributed by atoms with E-state index in [0.29, 0.717) is 17.2 Å². The van der Waals surface area contributed by atoms with Crippen LogP contribution in [0.4, 0.5) is 5.69 Å². The fourth-order valence-electron chi connectivity index (χ4n) is 3.67. The Morgan fingerprint density at radius 2 is 1.44 bits per heavy atom. The number of sulfonamides is 1. The highest BCUT2D eigenvalue weighted by molar-refractivity contribution is 7.92. The standard InChI is InChI=1S/C26H37N3O6S/c1-19(2)27-26(31)20(3)28(18-21-9-13-23(34-4)14-10-21)25(30)8-7-17-29(36(6,32)33)22-11-15-24(35-5)16-12-22/h9-16,19-20H,7-8,17-18H2,1-6H3,(H,27,31)/t20-/m1/s1. The fraction of sp³-hybridized carbons (Fsp3) is 0.462. The molecule has 9 nitrogen and oxygen atoms in total. The number of benzene rings is 2. The number of nitrogens with one attached hydrogen (secondary N) is 1. The predicted molar refractivity (Wildman–Crippen MR) is 141 cm³/mol. The minimum absolute atomic E-state index is 0.0642. The van der Waals surface area contributed by atoms with E-state index < -0.39 is 16.1 Å². The summed E-state index contributed by atoms with van der Waals surface area (Å²) in [5.41, 5.74) is 1.34. The Morgan fingerprint density at radius 3 is 1.92 bits per heavy atom. The SMILES string of the molecule is COc1ccc(CN(C(=O)CCCN(c2ccc(OC)cc2)S(C)(=O)=O)[C@H](C)C(=O)NC(C)C)cc1. The molecule has 0 aliphatic carbocycles. The summed E-state index contributed by atoms with van der Waals surface area (Å²) < 4.78 is 36.5. The zero-order valence-corrected chi connectivity index (χ0v) is 22.7. The average Bonchev–Trinajstić information content (AvgIpc) is 2.84. The van der Waals surface area contributed by atoms with Crippen molar-refractivity contribution in [3.05, 3.63) is 54.1 Å². The molecule has 2 rings (SSSR count). The minimum atomic E-state index is -3.56. The third kappa shape index (κ3) is 8.44. The van der Waals surface area contributed by atoms with Gasteiger partial charge in [0.25, 0.3) is 0 Å². The Labute approximate surface area is 214 Å². The van der Waals surface area contributed by atoms with Crippen molar-refractivity contribution in [2.45, 2.75) is 52.2 Å². The maximum Gasteiger partial charge on any atom is 0.242 e. The van der Waals surface area contributed by atoms with Crippen LogP contribution in [0.2, 0.25) is 0 Å². The Hall–Kier alpha value is -3.27. The third-order valence-electron chi connectivity index (χ3n) is 5.62. The van der Waals surface area contributed by atoms with Crippen molar-refractivity contribution in [3.8, 4) is 11.5 Å². The lowest BCUT2D eigenvalue weighted by molar-refractivity contribution is -0.140. The van der Waals surface area contributed by atoms with Gasteiger partial charge in [-0.05, 0) is 69.2 Å². The molecule has 10 heteroatoms. The number of anilines is 1. The number of nitrogens with zero attached hydrogens (tertiary/aromatic N) is 2. The molecule has 0 bridgehead atoms. The molecular formula is C26H37N3O6S. The second-order valence-corrected chi connectivity index (χ2v) is 10.8. The van der Waals surface area contributed by atoms with Crippen LogP contribution in [0.15, 0.2) is 48.5 Å². The first-order valence-corrected chi connectivity index (χ1v) is 13.7. The highest BCUT2D eigenvalue weighted by Crippen LogP contribution is 2.22. The van der Waals surface area contributed by atoms with Crippen molar-refractivity contribution in [2.24, 2.45) is 0 Å². The summed E-state index contributed by atoms with van der Waals surface area (Å²) in [6.07, 6.45) is 1.50. The van der Waals surface area contributed by atoms with Crippen molar-refractivity contribution < 1.29 is 27.5 Å². The number of hydrogen-bond acceptors (Lipinski definition) is 6. The van der Waals surface area contributed by atoms with Gasteiger partial charge in [0, 0.05) is 25.6 Å². The van der Waals surface area contributed by atoms with E-state index in [0.717, 1.165) is 11.8 Å². The number of hydrogen-bond donors (Lipinski definition) is 1. The second kappa shape index (κ2) is 13.2. The van der Waals surface area contributed by atoms with Crippen LogP contribution < -0.4 is 19.1 Å².